The van der Waals surface area contributed by atoms with Crippen LogP contribution in [0.15, 0.2) is 57.7 Å². The van der Waals surface area contributed by atoms with Gasteiger partial charge in [-0.2, -0.15) is 0 Å². The Morgan fingerprint density at radius 2 is 1.81 bits per heavy atom. The standard InChI is InChI=1S/C17H12O4/c1-10-3-2-4-13-14(18)9-15(21-16(10)13)11-5-7-12(8-6-11)17(19)20/h2-9H,1H3,(H,19,20). The smallest absolute Gasteiger partial charge is 0.335 e. The summed E-state index contributed by atoms with van der Waals surface area (Å²) in [6, 6.07) is 13.1. The van der Waals surface area contributed by atoms with Crippen molar-refractivity contribution in [2.75, 3.05) is 0 Å². The molecule has 4 heteroatoms. The molecule has 3 aromatic rings. The molecule has 0 aliphatic rings. The zero-order valence-electron chi connectivity index (χ0n) is 11.3. The van der Waals surface area contributed by atoms with Gasteiger partial charge in [0.25, 0.3) is 0 Å². The van der Waals surface area contributed by atoms with Crippen molar-refractivity contribution in [1.82, 2.24) is 0 Å². The first-order valence-electron chi connectivity index (χ1n) is 6.43. The predicted molar refractivity (Wildman–Crippen MR) is 79.6 cm³/mol. The number of carbonyl (C=O) groups is 1. The van der Waals surface area contributed by atoms with E-state index in [1.54, 1.807) is 18.2 Å². The van der Waals surface area contributed by atoms with E-state index >= 15 is 0 Å². The van der Waals surface area contributed by atoms with Crippen LogP contribution in [-0.2, 0) is 0 Å². The third-order valence-electron chi connectivity index (χ3n) is 3.37. The van der Waals surface area contributed by atoms with Gasteiger partial charge in [-0.15, -0.1) is 0 Å². The largest absolute Gasteiger partial charge is 0.478 e. The fourth-order valence-electron chi connectivity index (χ4n) is 2.24. The Morgan fingerprint density at radius 1 is 1.10 bits per heavy atom. The Hall–Kier alpha value is -2.88. The van der Waals surface area contributed by atoms with E-state index < -0.39 is 5.97 Å². The van der Waals surface area contributed by atoms with Gasteiger partial charge in [-0.05, 0) is 30.7 Å². The zero-order chi connectivity index (χ0) is 15.0. The summed E-state index contributed by atoms with van der Waals surface area (Å²) in [4.78, 5) is 23.0. The molecule has 0 fully saturated rings. The highest BCUT2D eigenvalue weighted by Crippen LogP contribution is 2.24. The van der Waals surface area contributed by atoms with Crippen molar-refractivity contribution in [3.63, 3.8) is 0 Å². The molecule has 0 saturated carbocycles. The number of aromatic carboxylic acids is 1. The van der Waals surface area contributed by atoms with Crippen LogP contribution in [0.4, 0.5) is 0 Å². The molecule has 2 aromatic carbocycles. The fourth-order valence-corrected chi connectivity index (χ4v) is 2.24. The van der Waals surface area contributed by atoms with Crippen molar-refractivity contribution in [1.29, 1.82) is 0 Å². The Morgan fingerprint density at radius 3 is 2.48 bits per heavy atom. The molecule has 0 atom stereocenters. The van der Waals surface area contributed by atoms with Gasteiger partial charge in [-0.25, -0.2) is 4.79 Å². The lowest BCUT2D eigenvalue weighted by Crippen LogP contribution is -2.01. The third-order valence-corrected chi connectivity index (χ3v) is 3.37. The normalized spacial score (nSPS) is 10.7. The molecule has 0 radical (unpaired) electrons. The second kappa shape index (κ2) is 4.90. The van der Waals surface area contributed by atoms with Crippen LogP contribution in [0.1, 0.15) is 15.9 Å². The van der Waals surface area contributed by atoms with E-state index in [4.69, 9.17) is 9.52 Å². The van der Waals surface area contributed by atoms with E-state index in [0.29, 0.717) is 22.3 Å². The van der Waals surface area contributed by atoms with Crippen molar-refractivity contribution in [2.45, 2.75) is 6.92 Å². The van der Waals surface area contributed by atoms with Gasteiger partial charge in [0.05, 0.1) is 10.9 Å². The number of carboxylic acid groups (broad SMARTS) is 1. The minimum atomic E-state index is -0.989. The molecule has 1 N–H and O–H groups in total. The molecule has 0 aliphatic heterocycles. The van der Waals surface area contributed by atoms with Crippen LogP contribution in [0, 0.1) is 6.92 Å². The predicted octanol–water partition coefficient (Wildman–Crippen LogP) is 3.47. The number of benzene rings is 2. The molecular formula is C17H12O4. The first-order valence-corrected chi connectivity index (χ1v) is 6.43. The van der Waals surface area contributed by atoms with Gasteiger partial charge in [0.2, 0.25) is 0 Å². The minimum absolute atomic E-state index is 0.114. The summed E-state index contributed by atoms with van der Waals surface area (Å²) in [5, 5.41) is 9.44. The third kappa shape index (κ3) is 2.31. The first-order chi connectivity index (χ1) is 10.1. The molecule has 4 nitrogen and oxygen atoms in total. The second-order valence-electron chi connectivity index (χ2n) is 4.81. The minimum Gasteiger partial charge on any atom is -0.478 e. The SMILES string of the molecule is Cc1cccc2c(=O)cc(-c3ccc(C(=O)O)cc3)oc12. The molecular weight excluding hydrogens is 268 g/mol. The van der Waals surface area contributed by atoms with Gasteiger partial charge in [-0.1, -0.05) is 24.3 Å². The van der Waals surface area contributed by atoms with Gasteiger partial charge in [0, 0.05) is 11.6 Å². The maximum atomic E-state index is 12.1. The highest BCUT2D eigenvalue weighted by molar-refractivity contribution is 5.88. The van der Waals surface area contributed by atoms with Crippen molar-refractivity contribution in [3.05, 3.63) is 69.9 Å². The number of carboxylic acids is 1. The summed E-state index contributed by atoms with van der Waals surface area (Å²) < 4.78 is 5.81. The molecule has 0 aliphatic carbocycles. The van der Waals surface area contributed by atoms with Crippen LogP contribution in [0.5, 0.6) is 0 Å². The van der Waals surface area contributed by atoms with E-state index in [2.05, 4.69) is 0 Å². The summed E-state index contributed by atoms with van der Waals surface area (Å²) >= 11 is 0. The Balaban J connectivity index is 2.19. The molecule has 0 saturated heterocycles. The van der Waals surface area contributed by atoms with Crippen LogP contribution in [0.25, 0.3) is 22.3 Å². The second-order valence-corrected chi connectivity index (χ2v) is 4.81. The van der Waals surface area contributed by atoms with E-state index in [9.17, 15) is 9.59 Å². The maximum Gasteiger partial charge on any atom is 0.335 e. The van der Waals surface area contributed by atoms with E-state index in [1.807, 2.05) is 19.1 Å². The lowest BCUT2D eigenvalue weighted by Gasteiger charge is -2.05. The van der Waals surface area contributed by atoms with E-state index in [-0.39, 0.29) is 11.0 Å². The Labute approximate surface area is 120 Å². The lowest BCUT2D eigenvalue weighted by molar-refractivity contribution is 0.0697. The Kier molecular flexibility index (Phi) is 3.06. The molecule has 3 rings (SSSR count). The molecule has 1 aromatic heterocycles. The van der Waals surface area contributed by atoms with Gasteiger partial charge in [-0.3, -0.25) is 4.79 Å². The number of rotatable bonds is 2. The highest BCUT2D eigenvalue weighted by Gasteiger charge is 2.09. The molecule has 21 heavy (non-hydrogen) atoms. The van der Waals surface area contributed by atoms with Crippen LogP contribution in [-0.4, -0.2) is 11.1 Å². The van der Waals surface area contributed by atoms with Crippen LogP contribution >= 0.6 is 0 Å². The highest BCUT2D eigenvalue weighted by atomic mass is 16.4. The van der Waals surface area contributed by atoms with Gasteiger partial charge in [0.1, 0.15) is 11.3 Å². The quantitative estimate of drug-likeness (QED) is 0.780. The van der Waals surface area contributed by atoms with Gasteiger partial charge in [0.15, 0.2) is 5.43 Å². The molecule has 104 valence electrons. The summed E-state index contributed by atoms with van der Waals surface area (Å²) in [7, 11) is 0. The van der Waals surface area contributed by atoms with Crippen molar-refractivity contribution >= 4 is 16.9 Å². The Bertz CT molecular complexity index is 889. The number of hydrogen-bond acceptors (Lipinski definition) is 3. The summed E-state index contributed by atoms with van der Waals surface area (Å²) in [6.45, 7) is 1.88. The van der Waals surface area contributed by atoms with Crippen LogP contribution in [0.2, 0.25) is 0 Å². The molecule has 0 bridgehead atoms. The summed E-state index contributed by atoms with van der Waals surface area (Å²) in [5.41, 5.74) is 2.19. The average Bonchev–Trinajstić information content (AvgIpc) is 2.48. The van der Waals surface area contributed by atoms with Crippen LogP contribution in [0.3, 0.4) is 0 Å². The van der Waals surface area contributed by atoms with Gasteiger partial charge < -0.3 is 9.52 Å². The molecule has 0 unspecified atom stereocenters. The van der Waals surface area contributed by atoms with Crippen LogP contribution < -0.4 is 5.43 Å². The van der Waals surface area contributed by atoms with Crippen molar-refractivity contribution in [3.8, 4) is 11.3 Å². The fraction of sp³-hybridized carbons (Fsp3) is 0.0588. The first kappa shape index (κ1) is 13.1. The van der Waals surface area contributed by atoms with E-state index in [0.717, 1.165) is 5.56 Å². The zero-order valence-corrected chi connectivity index (χ0v) is 11.3. The average molecular weight is 280 g/mol. The number of fused-ring (bicyclic) bond motifs is 1. The van der Waals surface area contributed by atoms with Gasteiger partial charge >= 0.3 is 5.97 Å². The summed E-state index contributed by atoms with van der Waals surface area (Å²) in [5.74, 6) is -0.559. The van der Waals surface area contributed by atoms with E-state index in [1.165, 1.54) is 18.2 Å². The lowest BCUT2D eigenvalue weighted by atomic mass is 10.1. The topological polar surface area (TPSA) is 67.5 Å². The van der Waals surface area contributed by atoms with Crippen molar-refractivity contribution < 1.29 is 14.3 Å². The number of aryl methyl sites for hydroxylation is 1. The summed E-state index contributed by atoms with van der Waals surface area (Å²) in [6.07, 6.45) is 0. The molecule has 0 amide bonds. The molecule has 0 spiro atoms. The number of hydrogen-bond donors (Lipinski definition) is 1. The monoisotopic (exact) mass is 280 g/mol. The molecule has 1 heterocycles. The van der Waals surface area contributed by atoms with Crippen molar-refractivity contribution in [2.24, 2.45) is 0 Å². The maximum absolute atomic E-state index is 12.1. The number of para-hydroxylation sites is 1.